The summed E-state index contributed by atoms with van der Waals surface area (Å²) >= 11 is 7.66. The van der Waals surface area contributed by atoms with Gasteiger partial charge in [-0.05, 0) is 59.9 Å². The highest BCUT2D eigenvalue weighted by Gasteiger charge is 2.38. The number of hydrogen-bond donors (Lipinski definition) is 3. The monoisotopic (exact) mass is 753 g/mol. The first-order valence-corrected chi connectivity index (χ1v) is 17.7. The molecular formula is C37H33ClFN9O4S. The van der Waals surface area contributed by atoms with E-state index in [9.17, 15) is 23.6 Å². The van der Waals surface area contributed by atoms with Crippen LogP contribution < -0.4 is 16.0 Å². The molecule has 16 heteroatoms. The average molecular weight is 754 g/mol. The molecule has 0 aliphatic carbocycles. The summed E-state index contributed by atoms with van der Waals surface area (Å²) in [5.74, 6) is -0.837. The number of imidazole rings is 1. The third-order valence-corrected chi connectivity index (χ3v) is 9.79. The van der Waals surface area contributed by atoms with E-state index in [1.807, 2.05) is 12.1 Å². The molecule has 3 aromatic heterocycles. The Morgan fingerprint density at radius 2 is 1.83 bits per heavy atom. The van der Waals surface area contributed by atoms with Gasteiger partial charge in [-0.15, -0.1) is 12.3 Å². The largest absolute Gasteiger partial charge is 0.351 e. The van der Waals surface area contributed by atoms with E-state index in [0.29, 0.717) is 42.3 Å². The minimum absolute atomic E-state index is 0.00547. The number of nitrogens with zero attached hydrogens (tertiary/aromatic N) is 6. The first kappa shape index (κ1) is 36.9. The number of anilines is 1. The minimum atomic E-state index is -0.737. The van der Waals surface area contributed by atoms with Crippen LogP contribution in [0, 0.1) is 18.2 Å². The molecule has 0 unspecified atom stereocenters. The van der Waals surface area contributed by atoms with Gasteiger partial charge in [0.1, 0.15) is 23.0 Å². The number of benzene rings is 2. The summed E-state index contributed by atoms with van der Waals surface area (Å²) in [5.41, 5.74) is 1.02. The number of halogens is 2. The van der Waals surface area contributed by atoms with Crippen molar-refractivity contribution in [1.82, 2.24) is 29.5 Å². The molecule has 3 amide bonds. The average Bonchev–Trinajstić information content (AvgIpc) is 3.63. The lowest BCUT2D eigenvalue weighted by molar-refractivity contribution is -0.117. The van der Waals surface area contributed by atoms with Gasteiger partial charge in [0, 0.05) is 54.9 Å². The van der Waals surface area contributed by atoms with Gasteiger partial charge in [0.05, 0.1) is 16.9 Å². The Balaban J connectivity index is 1.23. The Morgan fingerprint density at radius 3 is 2.55 bits per heavy atom. The van der Waals surface area contributed by atoms with Crippen molar-refractivity contribution in [2.45, 2.75) is 57.8 Å². The van der Waals surface area contributed by atoms with Crippen LogP contribution in [0.2, 0.25) is 5.02 Å². The molecule has 270 valence electrons. The molecule has 3 N–H and O–H groups in total. The van der Waals surface area contributed by atoms with Crippen LogP contribution in [0.5, 0.6) is 0 Å². The van der Waals surface area contributed by atoms with Crippen LogP contribution >= 0.6 is 23.1 Å². The van der Waals surface area contributed by atoms with Crippen LogP contribution in [0.1, 0.15) is 87.4 Å². The molecule has 53 heavy (non-hydrogen) atoms. The van der Waals surface area contributed by atoms with E-state index in [4.69, 9.17) is 18.0 Å². The molecule has 0 fully saturated rings. The van der Waals surface area contributed by atoms with E-state index in [1.54, 1.807) is 25.1 Å². The number of ketones is 1. The Morgan fingerprint density at radius 1 is 1.04 bits per heavy atom. The number of hydrogen-bond acceptors (Lipinski definition) is 10. The number of aromatic nitrogens is 4. The molecule has 1 aliphatic rings. The van der Waals surface area contributed by atoms with Crippen LogP contribution in [0.4, 0.5) is 10.2 Å². The lowest BCUT2D eigenvalue weighted by Gasteiger charge is -2.19. The number of amides is 3. The van der Waals surface area contributed by atoms with E-state index >= 15 is 0 Å². The van der Waals surface area contributed by atoms with Crippen LogP contribution in [-0.2, 0) is 17.9 Å². The molecule has 0 saturated heterocycles. The first-order valence-electron chi connectivity index (χ1n) is 16.6. The number of rotatable bonds is 15. The molecule has 0 spiro atoms. The fraction of sp³-hybridized carbons (Fsp3) is 0.270. The Hall–Kier alpha value is -5.85. The number of carbonyl (C=O) groups is 4. The summed E-state index contributed by atoms with van der Waals surface area (Å²) in [4.78, 5) is 61.4. The van der Waals surface area contributed by atoms with Crippen molar-refractivity contribution < 1.29 is 23.6 Å². The van der Waals surface area contributed by atoms with E-state index < -0.39 is 29.2 Å². The topological polar surface area (TPSA) is 173 Å². The summed E-state index contributed by atoms with van der Waals surface area (Å²) in [6.07, 6.45) is 8.50. The fourth-order valence-electron chi connectivity index (χ4n) is 5.82. The van der Waals surface area contributed by atoms with Crippen LogP contribution in [-0.4, -0.2) is 54.6 Å². The predicted molar refractivity (Wildman–Crippen MR) is 197 cm³/mol. The number of terminal acetylenes is 1. The molecule has 1 atom stereocenters. The first-order chi connectivity index (χ1) is 25.5. The standard InChI is InChI=1S/C37H33ClFN9O4S/c1-4-5-14-37(46-47-37)15-16-40-34(50)28-13-10-23(18-41-28)19-42-36(52)33-43-32(44-35(51)30-25-8-6-7-9-29(25)53-45-30)31(48(33)20-21(2)49)22(3)26-17-24(39)11-12-27(26)38/h1,6-13,17-18,22H,5,14-16,19-20H2,2-3H3,(H,40,50)(H,42,52)(H,44,51)/t22-/m0/s1. The van der Waals surface area contributed by atoms with E-state index in [1.165, 1.54) is 42.0 Å². The molecular weight excluding hydrogens is 721 g/mol. The third-order valence-electron chi connectivity index (χ3n) is 8.62. The quantitative estimate of drug-likeness (QED) is 0.105. The molecule has 4 heterocycles. The summed E-state index contributed by atoms with van der Waals surface area (Å²) < 4.78 is 21.0. The number of nitrogens with one attached hydrogen (secondary N) is 3. The van der Waals surface area contributed by atoms with Gasteiger partial charge >= 0.3 is 0 Å². The van der Waals surface area contributed by atoms with Gasteiger partial charge in [0.15, 0.2) is 11.5 Å². The highest BCUT2D eigenvalue weighted by molar-refractivity contribution is 7.13. The molecule has 6 rings (SSSR count). The summed E-state index contributed by atoms with van der Waals surface area (Å²) in [7, 11) is 0. The number of fused-ring (bicyclic) bond motifs is 1. The maximum Gasteiger partial charge on any atom is 0.287 e. The van der Waals surface area contributed by atoms with Gasteiger partial charge in [-0.2, -0.15) is 14.6 Å². The Labute approximate surface area is 312 Å². The van der Waals surface area contributed by atoms with Gasteiger partial charge in [-0.25, -0.2) is 9.37 Å². The highest BCUT2D eigenvalue weighted by atomic mass is 35.5. The molecule has 0 bridgehead atoms. The van der Waals surface area contributed by atoms with Gasteiger partial charge in [0.2, 0.25) is 5.82 Å². The van der Waals surface area contributed by atoms with E-state index in [0.717, 1.165) is 16.2 Å². The molecule has 2 aromatic carbocycles. The van der Waals surface area contributed by atoms with Gasteiger partial charge < -0.3 is 20.5 Å². The molecule has 5 aromatic rings. The van der Waals surface area contributed by atoms with Crippen LogP contribution in [0.25, 0.3) is 10.1 Å². The summed E-state index contributed by atoms with van der Waals surface area (Å²) in [6, 6.07) is 14.3. The SMILES string of the molecule is C#CCCC1(CCNC(=O)c2ccc(CNC(=O)c3nc(NC(=O)c4nsc5ccccc45)c([C@@H](C)c4cc(F)ccc4Cl)n3CC(C)=O)cn2)N=N1. The lowest BCUT2D eigenvalue weighted by atomic mass is 9.96. The van der Waals surface area contributed by atoms with Crippen LogP contribution in [0.3, 0.4) is 0 Å². The van der Waals surface area contributed by atoms with Crippen LogP contribution in [0.15, 0.2) is 71.0 Å². The van der Waals surface area contributed by atoms with Crippen molar-refractivity contribution in [3.63, 3.8) is 0 Å². The maximum atomic E-state index is 14.5. The zero-order valence-corrected chi connectivity index (χ0v) is 30.2. The van der Waals surface area contributed by atoms with Crippen molar-refractivity contribution in [2.24, 2.45) is 10.2 Å². The summed E-state index contributed by atoms with van der Waals surface area (Å²) in [6.45, 7) is 3.12. The zero-order valence-electron chi connectivity index (χ0n) is 28.7. The third kappa shape index (κ3) is 8.45. The molecule has 13 nitrogen and oxygen atoms in total. The molecule has 0 saturated carbocycles. The predicted octanol–water partition coefficient (Wildman–Crippen LogP) is 6.30. The number of carbonyl (C=O) groups excluding carboxylic acids is 4. The second kappa shape index (κ2) is 15.8. The maximum absolute atomic E-state index is 14.5. The lowest BCUT2D eigenvalue weighted by Crippen LogP contribution is -2.29. The van der Waals surface area contributed by atoms with E-state index in [-0.39, 0.29) is 58.5 Å². The summed E-state index contributed by atoms with van der Waals surface area (Å²) in [5, 5.41) is 17.4. The smallest absolute Gasteiger partial charge is 0.287 e. The van der Waals surface area contributed by atoms with Crippen molar-refractivity contribution in [3.8, 4) is 12.3 Å². The molecule has 1 aliphatic heterocycles. The van der Waals surface area contributed by atoms with Gasteiger partial charge in [0.25, 0.3) is 17.7 Å². The van der Waals surface area contributed by atoms with Gasteiger partial charge in [-0.3, -0.25) is 24.2 Å². The Bertz CT molecular complexity index is 2290. The highest BCUT2D eigenvalue weighted by Crippen LogP contribution is 2.37. The Kier molecular flexibility index (Phi) is 11.0. The zero-order chi connectivity index (χ0) is 37.7. The van der Waals surface area contributed by atoms with Crippen molar-refractivity contribution in [1.29, 1.82) is 0 Å². The fourth-order valence-corrected chi connectivity index (χ4v) is 6.88. The van der Waals surface area contributed by atoms with Crippen molar-refractivity contribution in [2.75, 3.05) is 11.9 Å². The second-order valence-corrected chi connectivity index (χ2v) is 13.7. The van der Waals surface area contributed by atoms with Crippen molar-refractivity contribution in [3.05, 3.63) is 106 Å². The minimum Gasteiger partial charge on any atom is -0.351 e. The van der Waals surface area contributed by atoms with E-state index in [2.05, 4.69) is 46.4 Å². The second-order valence-electron chi connectivity index (χ2n) is 12.5. The van der Waals surface area contributed by atoms with Gasteiger partial charge in [-0.1, -0.05) is 42.8 Å². The normalized spacial score (nSPS) is 13.3. The number of Topliss-reactive ketones (excluding diaryl/α,β-unsaturated/α-hetero) is 1. The number of pyridine rings is 1. The van der Waals surface area contributed by atoms with Crippen molar-refractivity contribution >= 4 is 62.5 Å². The molecule has 0 radical (unpaired) electrons.